The first-order valence-electron chi connectivity index (χ1n) is 6.91. The van der Waals surface area contributed by atoms with E-state index in [1.807, 2.05) is 38.1 Å². The lowest BCUT2D eigenvalue weighted by Gasteiger charge is -2.12. The van der Waals surface area contributed by atoms with Crippen molar-refractivity contribution in [2.75, 3.05) is 11.9 Å². The highest BCUT2D eigenvalue weighted by molar-refractivity contribution is 6.31. The molecular weight excluding hydrogens is 286 g/mol. The van der Waals surface area contributed by atoms with Crippen LogP contribution < -0.4 is 10.1 Å². The Bertz CT molecular complexity index is 640. The number of nitrogens with one attached hydrogen (secondary N) is 1. The molecule has 0 fully saturated rings. The van der Waals surface area contributed by atoms with Gasteiger partial charge in [-0.15, -0.1) is 0 Å². The van der Waals surface area contributed by atoms with Gasteiger partial charge in [-0.2, -0.15) is 0 Å². The molecule has 4 heteroatoms. The number of carbonyl (C=O) groups excluding carboxylic acids is 1. The standard InChI is InChI=1S/C17H18ClNO2/c1-3-10-21-16-9-8-13(18)11-14(16)17(20)19-15-7-5-4-6-12(15)2/h4-9,11H,3,10H2,1-2H3,(H,19,20). The molecule has 0 heterocycles. The van der Waals surface area contributed by atoms with Crippen LogP contribution in [0.1, 0.15) is 29.3 Å². The highest BCUT2D eigenvalue weighted by atomic mass is 35.5. The molecule has 0 aliphatic heterocycles. The van der Waals surface area contributed by atoms with Crippen molar-refractivity contribution in [3.8, 4) is 5.75 Å². The Labute approximate surface area is 129 Å². The summed E-state index contributed by atoms with van der Waals surface area (Å²) in [4.78, 5) is 12.5. The average molecular weight is 304 g/mol. The molecule has 0 atom stereocenters. The molecule has 0 aromatic heterocycles. The van der Waals surface area contributed by atoms with Crippen LogP contribution in [0.4, 0.5) is 5.69 Å². The topological polar surface area (TPSA) is 38.3 Å². The third-order valence-corrected chi connectivity index (χ3v) is 3.28. The van der Waals surface area contributed by atoms with Crippen LogP contribution in [0.25, 0.3) is 0 Å². The van der Waals surface area contributed by atoms with Gasteiger partial charge in [-0.05, 0) is 43.2 Å². The minimum Gasteiger partial charge on any atom is -0.493 e. The lowest BCUT2D eigenvalue weighted by molar-refractivity contribution is 0.102. The monoisotopic (exact) mass is 303 g/mol. The van der Waals surface area contributed by atoms with Gasteiger partial charge in [0.05, 0.1) is 12.2 Å². The van der Waals surface area contributed by atoms with Gasteiger partial charge in [-0.1, -0.05) is 36.7 Å². The van der Waals surface area contributed by atoms with Crippen molar-refractivity contribution >= 4 is 23.2 Å². The molecule has 0 radical (unpaired) electrons. The van der Waals surface area contributed by atoms with Crippen LogP contribution in [-0.4, -0.2) is 12.5 Å². The first kappa shape index (κ1) is 15.4. The summed E-state index contributed by atoms with van der Waals surface area (Å²) in [5, 5.41) is 3.40. The molecule has 2 aromatic carbocycles. The molecule has 2 aromatic rings. The Morgan fingerprint density at radius 3 is 2.71 bits per heavy atom. The number of hydrogen-bond acceptors (Lipinski definition) is 2. The number of ether oxygens (including phenoxy) is 1. The normalized spacial score (nSPS) is 10.2. The SMILES string of the molecule is CCCOc1ccc(Cl)cc1C(=O)Nc1ccccc1C. The maximum Gasteiger partial charge on any atom is 0.259 e. The largest absolute Gasteiger partial charge is 0.493 e. The number of para-hydroxylation sites is 1. The highest BCUT2D eigenvalue weighted by Gasteiger charge is 2.14. The number of benzene rings is 2. The maximum atomic E-state index is 12.5. The molecule has 0 bridgehead atoms. The van der Waals surface area contributed by atoms with Crippen LogP contribution in [-0.2, 0) is 0 Å². The van der Waals surface area contributed by atoms with Crippen LogP contribution in [0.15, 0.2) is 42.5 Å². The Morgan fingerprint density at radius 2 is 2.00 bits per heavy atom. The van der Waals surface area contributed by atoms with Crippen LogP contribution in [0.2, 0.25) is 5.02 Å². The second kappa shape index (κ2) is 7.14. The molecule has 0 unspecified atom stereocenters. The summed E-state index contributed by atoms with van der Waals surface area (Å²) in [5.41, 5.74) is 2.23. The minimum atomic E-state index is -0.224. The third kappa shape index (κ3) is 3.99. The number of carbonyl (C=O) groups is 1. The van der Waals surface area contributed by atoms with Crippen LogP contribution in [0, 0.1) is 6.92 Å². The summed E-state index contributed by atoms with van der Waals surface area (Å²) in [6, 6.07) is 12.7. The molecule has 0 spiro atoms. The van der Waals surface area contributed by atoms with Crippen molar-refractivity contribution in [2.45, 2.75) is 20.3 Å². The van der Waals surface area contributed by atoms with E-state index in [2.05, 4.69) is 5.32 Å². The van der Waals surface area contributed by atoms with Crippen molar-refractivity contribution in [3.63, 3.8) is 0 Å². The van der Waals surface area contributed by atoms with Crippen molar-refractivity contribution in [2.24, 2.45) is 0 Å². The summed E-state index contributed by atoms with van der Waals surface area (Å²) in [6.07, 6.45) is 0.876. The van der Waals surface area contributed by atoms with Crippen LogP contribution >= 0.6 is 11.6 Å². The summed E-state index contributed by atoms with van der Waals surface area (Å²) in [5.74, 6) is 0.324. The molecule has 21 heavy (non-hydrogen) atoms. The Morgan fingerprint density at radius 1 is 1.24 bits per heavy atom. The highest BCUT2D eigenvalue weighted by Crippen LogP contribution is 2.25. The quantitative estimate of drug-likeness (QED) is 0.870. The second-order valence-electron chi connectivity index (χ2n) is 4.76. The molecule has 0 saturated carbocycles. The Kier molecular flexibility index (Phi) is 5.23. The van der Waals surface area contributed by atoms with Crippen molar-refractivity contribution < 1.29 is 9.53 Å². The van der Waals surface area contributed by atoms with Gasteiger partial charge in [0.25, 0.3) is 5.91 Å². The van der Waals surface area contributed by atoms with E-state index in [-0.39, 0.29) is 5.91 Å². The molecular formula is C17H18ClNO2. The van der Waals surface area contributed by atoms with Gasteiger partial charge in [-0.3, -0.25) is 4.79 Å². The van der Waals surface area contributed by atoms with Crippen LogP contribution in [0.3, 0.4) is 0 Å². The first-order chi connectivity index (χ1) is 10.1. The molecule has 0 aliphatic rings. The molecule has 1 N–H and O–H groups in total. The van der Waals surface area contributed by atoms with E-state index in [9.17, 15) is 4.79 Å². The minimum absolute atomic E-state index is 0.224. The van der Waals surface area contributed by atoms with E-state index in [1.54, 1.807) is 18.2 Å². The number of hydrogen-bond donors (Lipinski definition) is 1. The Balaban J connectivity index is 2.25. The predicted octanol–water partition coefficient (Wildman–Crippen LogP) is 4.69. The second-order valence-corrected chi connectivity index (χ2v) is 5.19. The number of halogens is 1. The summed E-state index contributed by atoms with van der Waals surface area (Å²) >= 11 is 5.99. The van der Waals surface area contributed by atoms with Gasteiger partial charge >= 0.3 is 0 Å². The van der Waals surface area contributed by atoms with E-state index in [4.69, 9.17) is 16.3 Å². The van der Waals surface area contributed by atoms with Gasteiger partial charge in [-0.25, -0.2) is 0 Å². The molecule has 0 aliphatic carbocycles. The molecule has 2 rings (SSSR count). The average Bonchev–Trinajstić information content (AvgIpc) is 2.48. The van der Waals surface area contributed by atoms with E-state index in [0.717, 1.165) is 17.7 Å². The first-order valence-corrected chi connectivity index (χ1v) is 7.29. The molecule has 1 amide bonds. The van der Waals surface area contributed by atoms with Crippen molar-refractivity contribution in [1.29, 1.82) is 0 Å². The van der Waals surface area contributed by atoms with Gasteiger partial charge in [0.1, 0.15) is 5.75 Å². The number of anilines is 1. The number of amides is 1. The number of rotatable bonds is 5. The maximum absolute atomic E-state index is 12.5. The fourth-order valence-electron chi connectivity index (χ4n) is 1.92. The van der Waals surface area contributed by atoms with Gasteiger partial charge in [0, 0.05) is 10.7 Å². The van der Waals surface area contributed by atoms with E-state index in [0.29, 0.717) is 22.9 Å². The fraction of sp³-hybridized carbons (Fsp3) is 0.235. The zero-order valence-corrected chi connectivity index (χ0v) is 12.9. The van der Waals surface area contributed by atoms with Gasteiger partial charge in [0.2, 0.25) is 0 Å². The lowest BCUT2D eigenvalue weighted by atomic mass is 10.1. The van der Waals surface area contributed by atoms with Crippen molar-refractivity contribution in [3.05, 3.63) is 58.6 Å². The van der Waals surface area contributed by atoms with Gasteiger partial charge < -0.3 is 10.1 Å². The Hall–Kier alpha value is -2.00. The zero-order valence-electron chi connectivity index (χ0n) is 12.2. The van der Waals surface area contributed by atoms with E-state index >= 15 is 0 Å². The fourth-order valence-corrected chi connectivity index (χ4v) is 2.09. The van der Waals surface area contributed by atoms with Crippen LogP contribution in [0.5, 0.6) is 5.75 Å². The number of aryl methyl sites for hydroxylation is 1. The summed E-state index contributed by atoms with van der Waals surface area (Å²) in [7, 11) is 0. The molecule has 3 nitrogen and oxygen atoms in total. The van der Waals surface area contributed by atoms with Gasteiger partial charge in [0.15, 0.2) is 0 Å². The smallest absolute Gasteiger partial charge is 0.259 e. The molecule has 0 saturated heterocycles. The van der Waals surface area contributed by atoms with E-state index < -0.39 is 0 Å². The third-order valence-electron chi connectivity index (χ3n) is 3.04. The van der Waals surface area contributed by atoms with E-state index in [1.165, 1.54) is 0 Å². The predicted molar refractivity (Wildman–Crippen MR) is 86.4 cm³/mol. The summed E-state index contributed by atoms with van der Waals surface area (Å²) < 4.78 is 5.61. The zero-order chi connectivity index (χ0) is 15.2. The van der Waals surface area contributed by atoms with Crippen molar-refractivity contribution in [1.82, 2.24) is 0 Å². The summed E-state index contributed by atoms with van der Waals surface area (Å²) in [6.45, 7) is 4.53. The lowest BCUT2D eigenvalue weighted by Crippen LogP contribution is -2.14. The molecule has 110 valence electrons.